The lowest BCUT2D eigenvalue weighted by atomic mass is 10.1. The molecule has 0 radical (unpaired) electrons. The van der Waals surface area contributed by atoms with Crippen molar-refractivity contribution < 1.29 is 4.79 Å². The van der Waals surface area contributed by atoms with E-state index in [1.807, 2.05) is 24.8 Å². The molecule has 3 rings (SSSR count). The van der Waals surface area contributed by atoms with Gasteiger partial charge in [0.05, 0.1) is 0 Å². The van der Waals surface area contributed by atoms with Crippen LogP contribution in [0.5, 0.6) is 0 Å². The van der Waals surface area contributed by atoms with Gasteiger partial charge in [-0.25, -0.2) is 9.97 Å². The van der Waals surface area contributed by atoms with Crippen molar-refractivity contribution in [1.29, 1.82) is 0 Å². The van der Waals surface area contributed by atoms with E-state index in [4.69, 9.17) is 0 Å². The van der Waals surface area contributed by atoms with Crippen LogP contribution in [0.3, 0.4) is 0 Å². The van der Waals surface area contributed by atoms with Gasteiger partial charge in [-0.15, -0.1) is 0 Å². The Morgan fingerprint density at radius 1 is 1.23 bits per heavy atom. The van der Waals surface area contributed by atoms with E-state index in [9.17, 15) is 4.79 Å². The van der Waals surface area contributed by atoms with Gasteiger partial charge in [-0.05, 0) is 30.2 Å². The predicted octanol–water partition coefficient (Wildman–Crippen LogP) is 2.77. The minimum Gasteiger partial charge on any atom is -0.354 e. The molecular weight excluding hydrogens is 346 g/mol. The lowest BCUT2D eigenvalue weighted by Gasteiger charge is -2.26. The Morgan fingerprint density at radius 2 is 2.00 bits per heavy atom. The minimum atomic E-state index is -0.0164. The molecule has 0 spiro atoms. The summed E-state index contributed by atoms with van der Waals surface area (Å²) in [5.41, 5.74) is 3.28. The normalized spacial score (nSPS) is 14.8. The van der Waals surface area contributed by atoms with Crippen LogP contribution in [0, 0.1) is 6.92 Å². The number of hydrogen-bond acceptors (Lipinski definition) is 6. The lowest BCUT2D eigenvalue weighted by molar-refractivity contribution is -0.115. The third-order valence-electron chi connectivity index (χ3n) is 4.28. The van der Waals surface area contributed by atoms with Gasteiger partial charge in [0.25, 0.3) is 0 Å². The van der Waals surface area contributed by atoms with Gasteiger partial charge in [-0.1, -0.05) is 12.1 Å². The number of hydrogen-bond donors (Lipinski definition) is 2. The molecule has 1 aromatic carbocycles. The van der Waals surface area contributed by atoms with Gasteiger partial charge in [0.2, 0.25) is 11.9 Å². The Morgan fingerprint density at radius 3 is 2.73 bits per heavy atom. The largest absolute Gasteiger partial charge is 0.354 e. The second-order valence-corrected chi connectivity index (χ2v) is 7.56. The molecule has 1 aliphatic rings. The molecule has 2 N–H and O–H groups in total. The summed E-state index contributed by atoms with van der Waals surface area (Å²) in [6.07, 6.45) is 3.71. The average Bonchev–Trinajstić information content (AvgIpc) is 2.66. The summed E-state index contributed by atoms with van der Waals surface area (Å²) in [6, 6.07) is 8.05. The Kier molecular flexibility index (Phi) is 6.85. The zero-order chi connectivity index (χ0) is 18.2. The number of nitrogens with one attached hydrogen (secondary N) is 2. The van der Waals surface area contributed by atoms with Crippen molar-refractivity contribution in [3.05, 3.63) is 47.8 Å². The highest BCUT2D eigenvalue weighted by Crippen LogP contribution is 2.19. The van der Waals surface area contributed by atoms with E-state index >= 15 is 0 Å². The van der Waals surface area contributed by atoms with Crippen LogP contribution in [-0.2, 0) is 11.3 Å². The van der Waals surface area contributed by atoms with Crippen molar-refractivity contribution in [1.82, 2.24) is 14.9 Å². The maximum Gasteiger partial charge on any atom is 0.226 e. The van der Waals surface area contributed by atoms with Crippen molar-refractivity contribution in [2.45, 2.75) is 19.9 Å². The monoisotopic (exact) mass is 371 g/mol. The molecule has 0 unspecified atom stereocenters. The molecule has 2 heterocycles. The van der Waals surface area contributed by atoms with Gasteiger partial charge in [0, 0.05) is 62.2 Å². The summed E-state index contributed by atoms with van der Waals surface area (Å²) in [4.78, 5) is 22.8. The summed E-state index contributed by atoms with van der Waals surface area (Å²) >= 11 is 2.02. The van der Waals surface area contributed by atoms with Gasteiger partial charge in [-0.2, -0.15) is 11.8 Å². The second kappa shape index (κ2) is 9.54. The van der Waals surface area contributed by atoms with E-state index in [1.165, 1.54) is 17.1 Å². The van der Waals surface area contributed by atoms with Crippen molar-refractivity contribution in [2.75, 3.05) is 41.8 Å². The summed E-state index contributed by atoms with van der Waals surface area (Å²) in [6.45, 7) is 5.83. The molecule has 0 bridgehead atoms. The summed E-state index contributed by atoms with van der Waals surface area (Å²) in [5, 5.41) is 6.03. The van der Waals surface area contributed by atoms with E-state index in [0.29, 0.717) is 18.9 Å². The zero-order valence-electron chi connectivity index (χ0n) is 15.1. The molecule has 1 saturated heterocycles. The van der Waals surface area contributed by atoms with Crippen molar-refractivity contribution in [2.24, 2.45) is 0 Å². The number of anilines is 2. The first kappa shape index (κ1) is 18.7. The van der Waals surface area contributed by atoms with Crippen LogP contribution in [0.15, 0.2) is 36.7 Å². The van der Waals surface area contributed by atoms with Crippen LogP contribution >= 0.6 is 11.8 Å². The van der Waals surface area contributed by atoms with Gasteiger partial charge >= 0.3 is 0 Å². The van der Waals surface area contributed by atoms with Crippen LogP contribution in [0.2, 0.25) is 0 Å². The molecule has 1 aromatic heterocycles. The summed E-state index contributed by atoms with van der Waals surface area (Å²) < 4.78 is 0. The van der Waals surface area contributed by atoms with Crippen LogP contribution < -0.4 is 10.6 Å². The first-order valence-corrected chi connectivity index (χ1v) is 10.1. The number of nitrogens with zero attached hydrogens (tertiary/aromatic N) is 3. The topological polar surface area (TPSA) is 70.2 Å². The SMILES string of the molecule is Cc1cc(CN2CCSCC2)ccc1NC(=O)CCNc1ncccn1. The van der Waals surface area contributed by atoms with Crippen molar-refractivity contribution in [3.63, 3.8) is 0 Å². The zero-order valence-corrected chi connectivity index (χ0v) is 15.9. The lowest BCUT2D eigenvalue weighted by Crippen LogP contribution is -2.31. The number of rotatable bonds is 7. The minimum absolute atomic E-state index is 0.0164. The summed E-state index contributed by atoms with van der Waals surface area (Å²) in [5.74, 6) is 2.96. The first-order chi connectivity index (χ1) is 12.7. The fourth-order valence-electron chi connectivity index (χ4n) is 2.87. The molecule has 7 heteroatoms. The highest BCUT2D eigenvalue weighted by Gasteiger charge is 2.12. The molecule has 1 aliphatic heterocycles. The third kappa shape index (κ3) is 5.71. The van der Waals surface area contributed by atoms with Gasteiger partial charge in [-0.3, -0.25) is 9.69 Å². The van der Waals surface area contributed by atoms with Gasteiger partial charge in [0.1, 0.15) is 0 Å². The van der Waals surface area contributed by atoms with Crippen molar-refractivity contribution >= 4 is 29.3 Å². The molecular formula is C19H25N5OS. The Balaban J connectivity index is 1.47. The van der Waals surface area contributed by atoms with E-state index in [1.54, 1.807) is 18.5 Å². The molecule has 138 valence electrons. The molecule has 1 amide bonds. The number of thioether (sulfide) groups is 1. The maximum atomic E-state index is 12.2. The van der Waals surface area contributed by atoms with E-state index in [2.05, 4.69) is 37.6 Å². The second-order valence-electron chi connectivity index (χ2n) is 6.34. The molecule has 2 aromatic rings. The van der Waals surface area contributed by atoms with E-state index in [0.717, 1.165) is 30.9 Å². The Labute approximate surface area is 158 Å². The Hall–Kier alpha value is -2.12. The molecule has 26 heavy (non-hydrogen) atoms. The fraction of sp³-hybridized carbons (Fsp3) is 0.421. The number of carbonyl (C=O) groups is 1. The predicted molar refractivity (Wildman–Crippen MR) is 108 cm³/mol. The number of amides is 1. The third-order valence-corrected chi connectivity index (χ3v) is 5.22. The summed E-state index contributed by atoms with van der Waals surface area (Å²) in [7, 11) is 0. The first-order valence-electron chi connectivity index (χ1n) is 8.91. The van der Waals surface area contributed by atoms with Gasteiger partial charge < -0.3 is 10.6 Å². The number of aromatic nitrogens is 2. The van der Waals surface area contributed by atoms with Crippen LogP contribution in [-0.4, -0.2) is 51.9 Å². The van der Waals surface area contributed by atoms with Crippen molar-refractivity contribution in [3.8, 4) is 0 Å². The number of benzene rings is 1. The van der Waals surface area contributed by atoms with Crippen LogP contribution in [0.1, 0.15) is 17.5 Å². The fourth-order valence-corrected chi connectivity index (χ4v) is 3.85. The van der Waals surface area contributed by atoms with Gasteiger partial charge in [0.15, 0.2) is 0 Å². The highest BCUT2D eigenvalue weighted by molar-refractivity contribution is 7.99. The molecule has 1 fully saturated rings. The number of carbonyl (C=O) groups excluding carboxylic acids is 1. The average molecular weight is 372 g/mol. The highest BCUT2D eigenvalue weighted by atomic mass is 32.2. The van der Waals surface area contributed by atoms with Crippen LogP contribution in [0.25, 0.3) is 0 Å². The maximum absolute atomic E-state index is 12.2. The quantitative estimate of drug-likeness (QED) is 0.780. The van der Waals surface area contributed by atoms with E-state index in [-0.39, 0.29) is 5.91 Å². The smallest absolute Gasteiger partial charge is 0.226 e. The Bertz CT molecular complexity index is 719. The molecule has 0 atom stereocenters. The molecule has 0 aliphatic carbocycles. The number of aryl methyl sites for hydroxylation is 1. The van der Waals surface area contributed by atoms with E-state index < -0.39 is 0 Å². The molecule has 6 nitrogen and oxygen atoms in total. The van der Waals surface area contributed by atoms with Crippen LogP contribution in [0.4, 0.5) is 11.6 Å². The standard InChI is InChI=1S/C19H25N5OS/c1-15-13-16(14-24-9-11-26-12-10-24)3-4-17(15)23-18(25)5-8-22-19-20-6-2-7-21-19/h2-4,6-7,13H,5,8-12,14H2,1H3,(H,23,25)(H,20,21,22). The molecule has 0 saturated carbocycles.